The van der Waals surface area contributed by atoms with E-state index in [1.165, 1.54) is 11.8 Å². The van der Waals surface area contributed by atoms with E-state index in [-0.39, 0.29) is 5.91 Å². The van der Waals surface area contributed by atoms with Gasteiger partial charge in [-0.3, -0.25) is 4.79 Å². The minimum Gasteiger partial charge on any atom is -0.342 e. The van der Waals surface area contributed by atoms with Gasteiger partial charge in [-0.25, -0.2) is 4.99 Å². The van der Waals surface area contributed by atoms with E-state index < -0.39 is 0 Å². The van der Waals surface area contributed by atoms with Crippen LogP contribution in [0, 0.1) is 0 Å². The Hall–Kier alpha value is -2.80. The number of carbonyl (C=O) groups is 1. The van der Waals surface area contributed by atoms with Crippen LogP contribution in [0.3, 0.4) is 0 Å². The van der Waals surface area contributed by atoms with E-state index in [0.29, 0.717) is 10.1 Å². The molecule has 1 saturated heterocycles. The first-order valence-corrected chi connectivity index (χ1v) is 11.9. The second-order valence-corrected chi connectivity index (χ2v) is 9.70. The van der Waals surface area contributed by atoms with Gasteiger partial charge in [-0.05, 0) is 65.9 Å². The fourth-order valence-corrected chi connectivity index (χ4v) is 4.79. The van der Waals surface area contributed by atoms with E-state index in [2.05, 4.69) is 49.1 Å². The predicted octanol–water partition coefficient (Wildman–Crippen LogP) is 7.00. The van der Waals surface area contributed by atoms with Crippen LogP contribution in [0.5, 0.6) is 0 Å². The third-order valence-corrected chi connectivity index (χ3v) is 6.77. The number of aliphatic imine (C=N–C) groups is 1. The zero-order valence-corrected chi connectivity index (χ0v) is 19.9. The van der Waals surface area contributed by atoms with Crippen LogP contribution < -0.4 is 5.32 Å². The summed E-state index contributed by atoms with van der Waals surface area (Å²) in [6.07, 6.45) is 4.02. The summed E-state index contributed by atoms with van der Waals surface area (Å²) in [5.74, 6) is -0.139. The van der Waals surface area contributed by atoms with Crippen LogP contribution in [0.15, 0.2) is 93.4 Å². The molecule has 0 saturated carbocycles. The average molecular weight is 523 g/mol. The van der Waals surface area contributed by atoms with E-state index in [0.717, 1.165) is 43.8 Å². The van der Waals surface area contributed by atoms with Crippen LogP contribution >= 0.6 is 39.3 Å². The van der Waals surface area contributed by atoms with Crippen LogP contribution in [0.2, 0.25) is 5.02 Å². The zero-order chi connectivity index (χ0) is 22.1. The molecule has 0 unspecified atom stereocenters. The third kappa shape index (κ3) is 4.53. The SMILES string of the molecule is O=C1NC(=Nc2ccc(Br)cc2)S/C1=C\c1cn(Cc2ccc(Cl)cc2)c2ccccc12. The van der Waals surface area contributed by atoms with Gasteiger partial charge in [0.25, 0.3) is 5.91 Å². The highest BCUT2D eigenvalue weighted by Gasteiger charge is 2.24. The Balaban J connectivity index is 1.46. The molecule has 0 spiro atoms. The first kappa shape index (κ1) is 21.1. The summed E-state index contributed by atoms with van der Waals surface area (Å²) in [5, 5.41) is 5.26. The number of amides is 1. The minimum atomic E-state index is -0.139. The number of thioether (sulfide) groups is 1. The molecule has 1 N–H and O–H groups in total. The zero-order valence-electron chi connectivity index (χ0n) is 16.8. The Morgan fingerprint density at radius 1 is 1.03 bits per heavy atom. The number of carbonyl (C=O) groups excluding carboxylic acids is 1. The minimum absolute atomic E-state index is 0.139. The molecule has 0 bridgehead atoms. The highest BCUT2D eigenvalue weighted by molar-refractivity contribution is 9.10. The van der Waals surface area contributed by atoms with Crippen molar-refractivity contribution < 1.29 is 4.79 Å². The quantitative estimate of drug-likeness (QED) is 0.293. The normalized spacial score (nSPS) is 16.2. The average Bonchev–Trinajstić information content (AvgIpc) is 3.31. The topological polar surface area (TPSA) is 46.4 Å². The number of hydrogen-bond acceptors (Lipinski definition) is 3. The summed E-state index contributed by atoms with van der Waals surface area (Å²) in [5.41, 5.74) is 4.06. The van der Waals surface area contributed by atoms with Gasteiger partial charge in [0.2, 0.25) is 0 Å². The maximum Gasteiger partial charge on any atom is 0.264 e. The maximum atomic E-state index is 12.6. The second-order valence-electron chi connectivity index (χ2n) is 7.31. The lowest BCUT2D eigenvalue weighted by atomic mass is 10.1. The molecule has 3 aromatic carbocycles. The summed E-state index contributed by atoms with van der Waals surface area (Å²) in [4.78, 5) is 17.8. The van der Waals surface area contributed by atoms with Crippen molar-refractivity contribution in [3.8, 4) is 0 Å². The number of benzene rings is 3. The Kier molecular flexibility index (Phi) is 5.91. The van der Waals surface area contributed by atoms with Crippen molar-refractivity contribution in [2.45, 2.75) is 6.54 Å². The Morgan fingerprint density at radius 3 is 2.56 bits per heavy atom. The molecule has 1 amide bonds. The first-order chi connectivity index (χ1) is 15.5. The molecule has 7 heteroatoms. The lowest BCUT2D eigenvalue weighted by Gasteiger charge is -2.05. The molecule has 2 heterocycles. The van der Waals surface area contributed by atoms with Crippen molar-refractivity contribution in [2.24, 2.45) is 4.99 Å². The number of fused-ring (bicyclic) bond motifs is 1. The molecule has 4 aromatic rings. The van der Waals surface area contributed by atoms with Crippen molar-refractivity contribution in [2.75, 3.05) is 0 Å². The standard InChI is InChI=1S/C25H17BrClN3OS/c26-18-7-11-20(12-8-18)28-25-29-24(31)23(32-25)13-17-15-30(22-4-2-1-3-21(17)22)14-16-5-9-19(27)10-6-16/h1-13,15H,14H2,(H,28,29,31)/b23-13-. The smallest absolute Gasteiger partial charge is 0.264 e. The number of para-hydroxylation sites is 1. The van der Waals surface area contributed by atoms with E-state index >= 15 is 0 Å². The molecule has 4 nitrogen and oxygen atoms in total. The molecule has 0 radical (unpaired) electrons. The number of nitrogens with zero attached hydrogens (tertiary/aromatic N) is 2. The third-order valence-electron chi connectivity index (χ3n) is 5.08. The van der Waals surface area contributed by atoms with Crippen molar-refractivity contribution in [1.29, 1.82) is 0 Å². The molecular formula is C25H17BrClN3OS. The van der Waals surface area contributed by atoms with E-state index in [9.17, 15) is 4.79 Å². The van der Waals surface area contributed by atoms with Crippen molar-refractivity contribution in [3.63, 3.8) is 0 Å². The van der Waals surface area contributed by atoms with Crippen molar-refractivity contribution in [3.05, 3.63) is 105 Å². The molecule has 32 heavy (non-hydrogen) atoms. The predicted molar refractivity (Wildman–Crippen MR) is 137 cm³/mol. The van der Waals surface area contributed by atoms with Gasteiger partial charge in [0.15, 0.2) is 5.17 Å². The second kappa shape index (κ2) is 8.98. The molecule has 5 rings (SSSR count). The number of amidine groups is 1. The maximum absolute atomic E-state index is 12.6. The lowest BCUT2D eigenvalue weighted by Crippen LogP contribution is -2.19. The molecule has 1 fully saturated rings. The fourth-order valence-electron chi connectivity index (χ4n) is 3.56. The number of rotatable bonds is 4. The largest absolute Gasteiger partial charge is 0.342 e. The monoisotopic (exact) mass is 521 g/mol. The van der Waals surface area contributed by atoms with Crippen LogP contribution in [-0.2, 0) is 11.3 Å². The van der Waals surface area contributed by atoms with E-state index in [1.807, 2.05) is 66.7 Å². The van der Waals surface area contributed by atoms with Crippen LogP contribution in [0.1, 0.15) is 11.1 Å². The molecular weight excluding hydrogens is 506 g/mol. The van der Waals surface area contributed by atoms with Crippen molar-refractivity contribution >= 4 is 73.0 Å². The van der Waals surface area contributed by atoms with Crippen molar-refractivity contribution in [1.82, 2.24) is 9.88 Å². The number of halogens is 2. The number of nitrogens with one attached hydrogen (secondary N) is 1. The van der Waals surface area contributed by atoms with Gasteiger partial charge in [0, 0.05) is 38.7 Å². The van der Waals surface area contributed by atoms with Gasteiger partial charge < -0.3 is 9.88 Å². The molecule has 158 valence electrons. The number of hydrogen-bond donors (Lipinski definition) is 1. The van der Waals surface area contributed by atoms with E-state index in [4.69, 9.17) is 11.6 Å². The summed E-state index contributed by atoms with van der Waals surface area (Å²) < 4.78 is 3.18. The fraction of sp³-hybridized carbons (Fsp3) is 0.0400. The highest BCUT2D eigenvalue weighted by Crippen LogP contribution is 2.31. The van der Waals surface area contributed by atoms with Gasteiger partial charge >= 0.3 is 0 Å². The summed E-state index contributed by atoms with van der Waals surface area (Å²) in [7, 11) is 0. The Labute approximate surface area is 203 Å². The summed E-state index contributed by atoms with van der Waals surface area (Å²) >= 11 is 10.8. The van der Waals surface area contributed by atoms with Gasteiger partial charge in [0.1, 0.15) is 0 Å². The van der Waals surface area contributed by atoms with Crippen LogP contribution in [0.4, 0.5) is 5.69 Å². The van der Waals surface area contributed by atoms with Gasteiger partial charge in [-0.2, -0.15) is 0 Å². The van der Waals surface area contributed by atoms with E-state index in [1.54, 1.807) is 0 Å². The molecule has 1 aromatic heterocycles. The first-order valence-electron chi connectivity index (χ1n) is 9.93. The number of aromatic nitrogens is 1. The Bertz CT molecular complexity index is 1370. The molecule has 0 atom stereocenters. The van der Waals surface area contributed by atoms with Gasteiger partial charge in [-0.15, -0.1) is 0 Å². The Morgan fingerprint density at radius 2 is 1.78 bits per heavy atom. The van der Waals surface area contributed by atoms with Crippen LogP contribution in [0.25, 0.3) is 17.0 Å². The highest BCUT2D eigenvalue weighted by atomic mass is 79.9. The van der Waals surface area contributed by atoms with Crippen LogP contribution in [-0.4, -0.2) is 15.6 Å². The van der Waals surface area contributed by atoms with Gasteiger partial charge in [-0.1, -0.05) is 57.9 Å². The summed E-state index contributed by atoms with van der Waals surface area (Å²) in [6, 6.07) is 23.7. The molecule has 0 aliphatic carbocycles. The summed E-state index contributed by atoms with van der Waals surface area (Å²) in [6.45, 7) is 0.719. The molecule has 1 aliphatic heterocycles. The lowest BCUT2D eigenvalue weighted by molar-refractivity contribution is -0.115. The van der Waals surface area contributed by atoms with Gasteiger partial charge in [0.05, 0.1) is 10.6 Å². The molecule has 1 aliphatic rings.